The fraction of sp³-hybridized carbons (Fsp3) is 0.375. The predicted molar refractivity (Wildman–Crippen MR) is 84.2 cm³/mol. The molecule has 1 N–H and O–H groups in total. The van der Waals surface area contributed by atoms with E-state index >= 15 is 0 Å². The number of benzene rings is 1. The van der Waals surface area contributed by atoms with Crippen LogP contribution in [-0.4, -0.2) is 13.1 Å². The zero-order valence-electron chi connectivity index (χ0n) is 11.6. The number of rotatable bonds is 4. The molecule has 0 spiro atoms. The van der Waals surface area contributed by atoms with Gasteiger partial charge in [-0.3, -0.25) is 0 Å². The van der Waals surface area contributed by atoms with Crippen LogP contribution in [0.15, 0.2) is 35.0 Å². The zero-order chi connectivity index (χ0) is 13.9. The third kappa shape index (κ3) is 2.80. The van der Waals surface area contributed by atoms with Crippen LogP contribution in [0.25, 0.3) is 0 Å². The highest BCUT2D eigenvalue weighted by Gasteiger charge is 2.16. The molecule has 0 aliphatic carbocycles. The molecule has 20 heavy (non-hydrogen) atoms. The lowest BCUT2D eigenvalue weighted by Gasteiger charge is -2.20. The van der Waals surface area contributed by atoms with Crippen molar-refractivity contribution in [3.8, 4) is 0 Å². The molecule has 106 valence electrons. The number of hydrogen-bond acceptors (Lipinski definition) is 3. The summed E-state index contributed by atoms with van der Waals surface area (Å²) in [6.45, 7) is 4.03. The van der Waals surface area contributed by atoms with Gasteiger partial charge >= 0.3 is 0 Å². The number of nitrogens with zero attached hydrogens (tertiary/aromatic N) is 1. The molecule has 1 aromatic carbocycles. The van der Waals surface area contributed by atoms with Crippen molar-refractivity contribution >= 4 is 22.7 Å². The van der Waals surface area contributed by atoms with Gasteiger partial charge in [0.1, 0.15) is 5.82 Å². The summed E-state index contributed by atoms with van der Waals surface area (Å²) in [7, 11) is 0. The van der Waals surface area contributed by atoms with Crippen molar-refractivity contribution in [3.63, 3.8) is 0 Å². The molecule has 1 unspecified atom stereocenters. The molecule has 1 atom stereocenters. The molecule has 3 rings (SSSR count). The average Bonchev–Trinajstić information content (AvgIpc) is 3.12. The largest absolute Gasteiger partial charge is 0.378 e. The van der Waals surface area contributed by atoms with E-state index in [2.05, 4.69) is 34.0 Å². The highest BCUT2D eigenvalue weighted by Crippen LogP contribution is 2.28. The second kappa shape index (κ2) is 5.83. The lowest BCUT2D eigenvalue weighted by molar-refractivity contribution is 0.623. The van der Waals surface area contributed by atoms with Crippen molar-refractivity contribution < 1.29 is 4.39 Å². The van der Waals surface area contributed by atoms with E-state index < -0.39 is 0 Å². The molecule has 0 saturated carbocycles. The van der Waals surface area contributed by atoms with Crippen molar-refractivity contribution in [2.24, 2.45) is 0 Å². The van der Waals surface area contributed by atoms with Crippen molar-refractivity contribution in [2.45, 2.75) is 25.8 Å². The summed E-state index contributed by atoms with van der Waals surface area (Å²) in [6, 6.07) is 7.76. The minimum atomic E-state index is -0.130. The normalized spacial score (nSPS) is 16.4. The molecule has 4 heteroatoms. The molecular formula is C16H19FN2S. The lowest BCUT2D eigenvalue weighted by atomic mass is 10.1. The second-order valence-electron chi connectivity index (χ2n) is 5.28. The van der Waals surface area contributed by atoms with Crippen LogP contribution < -0.4 is 10.2 Å². The Labute approximate surface area is 123 Å². The van der Waals surface area contributed by atoms with Gasteiger partial charge in [0.2, 0.25) is 0 Å². The summed E-state index contributed by atoms with van der Waals surface area (Å²) in [5, 5.41) is 7.53. The Morgan fingerprint density at radius 2 is 2.05 bits per heavy atom. The highest BCUT2D eigenvalue weighted by atomic mass is 32.1. The van der Waals surface area contributed by atoms with Gasteiger partial charge in [-0.2, -0.15) is 11.3 Å². The van der Waals surface area contributed by atoms with Gasteiger partial charge in [0.15, 0.2) is 0 Å². The Morgan fingerprint density at radius 1 is 1.25 bits per heavy atom. The summed E-state index contributed by atoms with van der Waals surface area (Å²) < 4.78 is 14.2. The quantitative estimate of drug-likeness (QED) is 0.881. The summed E-state index contributed by atoms with van der Waals surface area (Å²) in [5.41, 5.74) is 2.81. The first kappa shape index (κ1) is 13.4. The summed E-state index contributed by atoms with van der Waals surface area (Å²) in [6.07, 6.45) is 2.32. The SMILES string of the molecule is CC(Nc1ccc(N2CCCC2)c(F)c1)c1ccsc1. The van der Waals surface area contributed by atoms with Gasteiger partial charge in [0.05, 0.1) is 5.69 Å². The average molecular weight is 290 g/mol. The molecular weight excluding hydrogens is 271 g/mol. The maximum atomic E-state index is 14.2. The fourth-order valence-electron chi connectivity index (χ4n) is 2.67. The van der Waals surface area contributed by atoms with Crippen molar-refractivity contribution in [1.82, 2.24) is 0 Å². The van der Waals surface area contributed by atoms with Gasteiger partial charge < -0.3 is 10.2 Å². The van der Waals surface area contributed by atoms with E-state index in [1.54, 1.807) is 17.4 Å². The van der Waals surface area contributed by atoms with Crippen molar-refractivity contribution in [3.05, 3.63) is 46.4 Å². The van der Waals surface area contributed by atoms with E-state index in [1.165, 1.54) is 5.56 Å². The van der Waals surface area contributed by atoms with Gasteiger partial charge in [-0.25, -0.2) is 4.39 Å². The van der Waals surface area contributed by atoms with E-state index in [0.29, 0.717) is 0 Å². The first-order valence-electron chi connectivity index (χ1n) is 7.07. The topological polar surface area (TPSA) is 15.3 Å². The van der Waals surface area contributed by atoms with E-state index in [1.807, 2.05) is 12.1 Å². The molecule has 0 radical (unpaired) electrons. The fourth-order valence-corrected chi connectivity index (χ4v) is 3.42. The minimum absolute atomic E-state index is 0.130. The summed E-state index contributed by atoms with van der Waals surface area (Å²) in [5.74, 6) is -0.130. The molecule has 1 fully saturated rings. The Balaban J connectivity index is 1.73. The summed E-state index contributed by atoms with van der Waals surface area (Å²) in [4.78, 5) is 2.13. The van der Waals surface area contributed by atoms with Crippen LogP contribution in [0.4, 0.5) is 15.8 Å². The van der Waals surface area contributed by atoms with Crippen LogP contribution in [-0.2, 0) is 0 Å². The van der Waals surface area contributed by atoms with Crippen LogP contribution in [0, 0.1) is 5.82 Å². The number of anilines is 2. The van der Waals surface area contributed by atoms with Crippen LogP contribution in [0.2, 0.25) is 0 Å². The number of halogens is 1. The molecule has 1 aromatic heterocycles. The van der Waals surface area contributed by atoms with Crippen LogP contribution in [0.5, 0.6) is 0 Å². The molecule has 1 aliphatic rings. The maximum absolute atomic E-state index is 14.2. The van der Waals surface area contributed by atoms with E-state index in [4.69, 9.17) is 0 Å². The summed E-state index contributed by atoms with van der Waals surface area (Å²) >= 11 is 1.68. The third-order valence-electron chi connectivity index (χ3n) is 3.82. The van der Waals surface area contributed by atoms with Gasteiger partial charge in [-0.05, 0) is 60.4 Å². The number of thiophene rings is 1. The Kier molecular flexibility index (Phi) is 3.92. The zero-order valence-corrected chi connectivity index (χ0v) is 12.4. The van der Waals surface area contributed by atoms with E-state index in [0.717, 1.165) is 37.3 Å². The highest BCUT2D eigenvalue weighted by molar-refractivity contribution is 7.07. The van der Waals surface area contributed by atoms with Crippen LogP contribution in [0.3, 0.4) is 0 Å². The first-order chi connectivity index (χ1) is 9.74. The number of nitrogens with one attached hydrogen (secondary N) is 1. The molecule has 2 heterocycles. The van der Waals surface area contributed by atoms with Crippen molar-refractivity contribution in [1.29, 1.82) is 0 Å². The lowest BCUT2D eigenvalue weighted by Crippen LogP contribution is -2.19. The van der Waals surface area contributed by atoms with Gasteiger partial charge in [0, 0.05) is 24.8 Å². The standard InChI is InChI=1S/C16H19FN2S/c1-12(13-6-9-20-11-13)18-14-4-5-16(15(17)10-14)19-7-2-3-8-19/h4-6,9-12,18H,2-3,7-8H2,1H3. The Morgan fingerprint density at radius 3 is 2.70 bits per heavy atom. The molecule has 1 aliphatic heterocycles. The molecule has 2 nitrogen and oxygen atoms in total. The molecule has 0 bridgehead atoms. The van der Waals surface area contributed by atoms with Gasteiger partial charge in [-0.15, -0.1) is 0 Å². The smallest absolute Gasteiger partial charge is 0.148 e. The maximum Gasteiger partial charge on any atom is 0.148 e. The Hall–Kier alpha value is -1.55. The van der Waals surface area contributed by atoms with E-state index in [9.17, 15) is 4.39 Å². The monoisotopic (exact) mass is 290 g/mol. The second-order valence-corrected chi connectivity index (χ2v) is 6.06. The Bertz CT molecular complexity index is 562. The van der Waals surface area contributed by atoms with Gasteiger partial charge in [0.25, 0.3) is 0 Å². The first-order valence-corrected chi connectivity index (χ1v) is 8.01. The van der Waals surface area contributed by atoms with Crippen LogP contribution in [0.1, 0.15) is 31.4 Å². The molecule has 0 amide bonds. The van der Waals surface area contributed by atoms with Gasteiger partial charge in [-0.1, -0.05) is 0 Å². The van der Waals surface area contributed by atoms with Crippen molar-refractivity contribution in [2.75, 3.05) is 23.3 Å². The van der Waals surface area contributed by atoms with E-state index in [-0.39, 0.29) is 11.9 Å². The third-order valence-corrected chi connectivity index (χ3v) is 4.52. The predicted octanol–water partition coefficient (Wildman–Crippen LogP) is 4.66. The minimum Gasteiger partial charge on any atom is -0.378 e. The molecule has 2 aromatic rings. The molecule has 1 saturated heterocycles. The van der Waals surface area contributed by atoms with Crippen LogP contribution >= 0.6 is 11.3 Å². The number of hydrogen-bond donors (Lipinski definition) is 1.